The first-order chi connectivity index (χ1) is 8.09. The molecule has 1 N–H and O–H groups in total. The van der Waals surface area contributed by atoms with Gasteiger partial charge in [0.1, 0.15) is 5.82 Å². The lowest BCUT2D eigenvalue weighted by molar-refractivity contribution is -0.131. The molecule has 1 aromatic carbocycles. The zero-order chi connectivity index (χ0) is 12.4. The van der Waals surface area contributed by atoms with Crippen LogP contribution in [0.25, 0.3) is 0 Å². The second kappa shape index (κ2) is 4.32. The van der Waals surface area contributed by atoms with E-state index in [-0.39, 0.29) is 0 Å². The molecule has 88 valence electrons. The third-order valence-corrected chi connectivity index (χ3v) is 2.50. The van der Waals surface area contributed by atoms with Gasteiger partial charge in [0.05, 0.1) is 5.92 Å². The number of halogens is 1. The third-order valence-electron chi connectivity index (χ3n) is 2.50. The number of hydrazone groups is 1. The summed E-state index contributed by atoms with van der Waals surface area (Å²) >= 11 is 0. The second-order valence-electron chi connectivity index (χ2n) is 3.57. The van der Waals surface area contributed by atoms with Gasteiger partial charge in [-0.1, -0.05) is 12.1 Å². The number of nitrogens with zero attached hydrogens (tertiary/aromatic N) is 2. The molecule has 0 spiro atoms. The fraction of sp³-hybridized carbons (Fsp3) is 0.182. The number of carbonyl (C=O) groups is 2. The van der Waals surface area contributed by atoms with Gasteiger partial charge in [0, 0.05) is 12.6 Å². The summed E-state index contributed by atoms with van der Waals surface area (Å²) < 4.78 is 12.7. The largest absolute Gasteiger partial charge is 0.463 e. The second-order valence-corrected chi connectivity index (χ2v) is 3.57. The van der Waals surface area contributed by atoms with Crippen LogP contribution in [-0.4, -0.2) is 28.3 Å². The van der Waals surface area contributed by atoms with Gasteiger partial charge in [0.15, 0.2) is 0 Å². The van der Waals surface area contributed by atoms with E-state index in [2.05, 4.69) is 5.10 Å². The molecular weight excluding hydrogens is 227 g/mol. The molecule has 5 nitrogen and oxygen atoms in total. The first-order valence-corrected chi connectivity index (χ1v) is 4.94. The van der Waals surface area contributed by atoms with E-state index in [1.807, 2.05) is 0 Å². The first kappa shape index (κ1) is 11.3. The number of carbonyl (C=O) groups excluding carboxylic acids is 1. The van der Waals surface area contributed by atoms with E-state index in [4.69, 9.17) is 5.11 Å². The van der Waals surface area contributed by atoms with Gasteiger partial charge in [0.25, 0.3) is 5.91 Å². The Balaban J connectivity index is 2.28. The standard InChI is InChI=1S/C11H9FN2O3/c12-8-3-1-7(2-4-8)9-5-6-13-14(10(9)15)11(16)17/h1-4,6,9H,5H2,(H,16,17). The van der Waals surface area contributed by atoms with Gasteiger partial charge in [-0.05, 0) is 17.7 Å². The number of rotatable bonds is 1. The van der Waals surface area contributed by atoms with Crippen LogP contribution in [0.1, 0.15) is 17.9 Å². The van der Waals surface area contributed by atoms with E-state index in [9.17, 15) is 14.0 Å². The maximum Gasteiger partial charge on any atom is 0.435 e. The van der Waals surface area contributed by atoms with Gasteiger partial charge < -0.3 is 5.11 Å². The zero-order valence-electron chi connectivity index (χ0n) is 8.71. The summed E-state index contributed by atoms with van der Waals surface area (Å²) in [5, 5.41) is 12.6. The summed E-state index contributed by atoms with van der Waals surface area (Å²) in [6.07, 6.45) is 0.260. The van der Waals surface area contributed by atoms with Gasteiger partial charge in [-0.15, -0.1) is 5.01 Å². The Morgan fingerprint density at radius 1 is 1.41 bits per heavy atom. The molecule has 0 saturated heterocycles. The molecule has 6 heteroatoms. The highest BCUT2D eigenvalue weighted by Crippen LogP contribution is 2.24. The van der Waals surface area contributed by atoms with Gasteiger partial charge in [0.2, 0.25) is 0 Å². The molecule has 0 bridgehead atoms. The maximum absolute atomic E-state index is 12.7. The highest BCUT2D eigenvalue weighted by atomic mass is 19.1. The number of hydrogen-bond acceptors (Lipinski definition) is 3. The summed E-state index contributed by atoms with van der Waals surface area (Å²) in [4.78, 5) is 22.5. The predicted molar refractivity (Wildman–Crippen MR) is 57.1 cm³/mol. The quantitative estimate of drug-likeness (QED) is 0.808. The topological polar surface area (TPSA) is 70.0 Å². The van der Waals surface area contributed by atoms with Gasteiger partial charge in [-0.3, -0.25) is 4.79 Å². The zero-order valence-corrected chi connectivity index (χ0v) is 8.71. The van der Waals surface area contributed by atoms with E-state index < -0.39 is 23.7 Å². The van der Waals surface area contributed by atoms with Crippen molar-refractivity contribution in [2.75, 3.05) is 0 Å². The van der Waals surface area contributed by atoms with E-state index in [0.29, 0.717) is 17.0 Å². The summed E-state index contributed by atoms with van der Waals surface area (Å²) in [6, 6.07) is 5.41. The molecule has 0 radical (unpaired) electrons. The fourth-order valence-electron chi connectivity index (χ4n) is 1.66. The highest BCUT2D eigenvalue weighted by Gasteiger charge is 2.32. The number of carboxylic acid groups (broad SMARTS) is 1. The van der Waals surface area contributed by atoms with Crippen LogP contribution in [0.3, 0.4) is 0 Å². The van der Waals surface area contributed by atoms with Gasteiger partial charge in [-0.2, -0.15) is 5.10 Å². The number of benzene rings is 1. The Kier molecular flexibility index (Phi) is 2.86. The van der Waals surface area contributed by atoms with Gasteiger partial charge in [-0.25, -0.2) is 9.18 Å². The van der Waals surface area contributed by atoms with Crippen LogP contribution in [0.2, 0.25) is 0 Å². The van der Waals surface area contributed by atoms with E-state index in [0.717, 1.165) is 0 Å². The van der Waals surface area contributed by atoms with E-state index in [1.54, 1.807) is 0 Å². The molecule has 1 heterocycles. The minimum absolute atomic E-state index is 0.314. The monoisotopic (exact) mass is 236 g/mol. The van der Waals surface area contributed by atoms with Crippen LogP contribution in [0.15, 0.2) is 29.4 Å². The average Bonchev–Trinajstić information content (AvgIpc) is 2.30. The maximum atomic E-state index is 12.7. The number of amides is 2. The molecule has 1 aromatic rings. The Labute approximate surface area is 96.2 Å². The lowest BCUT2D eigenvalue weighted by Crippen LogP contribution is -2.38. The lowest BCUT2D eigenvalue weighted by Gasteiger charge is -2.22. The van der Waals surface area contributed by atoms with Crippen molar-refractivity contribution >= 4 is 18.2 Å². The summed E-state index contributed by atoms with van der Waals surface area (Å²) in [5.41, 5.74) is 0.578. The predicted octanol–water partition coefficient (Wildman–Crippen LogP) is 1.81. The molecule has 17 heavy (non-hydrogen) atoms. The molecule has 0 aromatic heterocycles. The third kappa shape index (κ3) is 2.15. The van der Waals surface area contributed by atoms with Crippen LogP contribution in [0.5, 0.6) is 0 Å². The number of hydrogen-bond donors (Lipinski definition) is 1. The molecular formula is C11H9FN2O3. The normalized spacial score (nSPS) is 19.5. The Morgan fingerprint density at radius 3 is 2.65 bits per heavy atom. The van der Waals surface area contributed by atoms with Crippen LogP contribution < -0.4 is 0 Å². The molecule has 1 aliphatic heterocycles. The van der Waals surface area contributed by atoms with Crippen LogP contribution in [0, 0.1) is 5.82 Å². The molecule has 1 aliphatic rings. The molecule has 0 saturated carbocycles. The molecule has 1 unspecified atom stereocenters. The molecule has 1 atom stereocenters. The number of imide groups is 1. The minimum Gasteiger partial charge on any atom is -0.463 e. The molecule has 2 rings (SSSR count). The fourth-order valence-corrected chi connectivity index (χ4v) is 1.66. The Hall–Kier alpha value is -2.24. The minimum atomic E-state index is -1.42. The smallest absolute Gasteiger partial charge is 0.435 e. The van der Waals surface area contributed by atoms with Crippen LogP contribution in [0.4, 0.5) is 9.18 Å². The Morgan fingerprint density at radius 2 is 2.06 bits per heavy atom. The summed E-state index contributed by atoms with van der Waals surface area (Å²) in [7, 11) is 0. The first-order valence-electron chi connectivity index (χ1n) is 4.94. The van der Waals surface area contributed by atoms with Crippen LogP contribution >= 0.6 is 0 Å². The van der Waals surface area contributed by atoms with Crippen molar-refractivity contribution in [2.45, 2.75) is 12.3 Å². The molecule has 2 amide bonds. The van der Waals surface area contributed by atoms with Crippen molar-refractivity contribution in [2.24, 2.45) is 5.10 Å². The Bertz CT molecular complexity index is 484. The van der Waals surface area contributed by atoms with Crippen molar-refractivity contribution < 1.29 is 19.1 Å². The SMILES string of the molecule is O=C(O)N1N=CCC(c2ccc(F)cc2)C1=O. The lowest BCUT2D eigenvalue weighted by atomic mass is 9.94. The molecule has 0 fully saturated rings. The van der Waals surface area contributed by atoms with Crippen molar-refractivity contribution in [1.82, 2.24) is 5.01 Å². The van der Waals surface area contributed by atoms with E-state index >= 15 is 0 Å². The van der Waals surface area contributed by atoms with Gasteiger partial charge >= 0.3 is 6.09 Å². The van der Waals surface area contributed by atoms with Crippen LogP contribution in [-0.2, 0) is 4.79 Å². The summed E-state index contributed by atoms with van der Waals surface area (Å²) in [6.45, 7) is 0. The van der Waals surface area contributed by atoms with Crippen molar-refractivity contribution in [3.63, 3.8) is 0 Å². The van der Waals surface area contributed by atoms with Crippen molar-refractivity contribution in [3.8, 4) is 0 Å². The van der Waals surface area contributed by atoms with E-state index in [1.165, 1.54) is 30.5 Å². The molecule has 0 aliphatic carbocycles. The summed E-state index contributed by atoms with van der Waals surface area (Å²) in [5.74, 6) is -1.64. The average molecular weight is 236 g/mol. The van der Waals surface area contributed by atoms with Crippen molar-refractivity contribution in [3.05, 3.63) is 35.6 Å². The highest BCUT2D eigenvalue weighted by molar-refractivity contribution is 5.98. The van der Waals surface area contributed by atoms with Crippen molar-refractivity contribution in [1.29, 1.82) is 0 Å².